The van der Waals surface area contributed by atoms with Crippen LogP contribution in [0.5, 0.6) is 0 Å². The smallest absolute Gasteiger partial charge is 0.389 e. The number of hydrogen-bond acceptors (Lipinski definition) is 6. The lowest BCUT2D eigenvalue weighted by molar-refractivity contribution is -0.147. The highest BCUT2D eigenvalue weighted by Gasteiger charge is 2.39. The Labute approximate surface area is 223 Å². The lowest BCUT2D eigenvalue weighted by Gasteiger charge is -2.24. The summed E-state index contributed by atoms with van der Waals surface area (Å²) in [7, 11) is -4.49. The zero-order chi connectivity index (χ0) is 27.9. The molecular weight excluding hydrogens is 539 g/mol. The van der Waals surface area contributed by atoms with Gasteiger partial charge >= 0.3 is 6.18 Å². The number of aliphatic hydroxyl groups is 1. The van der Waals surface area contributed by atoms with Crippen molar-refractivity contribution < 1.29 is 31.5 Å². The average molecular weight is 570 g/mol. The first kappa shape index (κ1) is 28.5. The van der Waals surface area contributed by atoms with E-state index >= 15 is 0 Å². The van der Waals surface area contributed by atoms with E-state index in [1.54, 1.807) is 48.9 Å². The molecule has 1 amide bonds. The van der Waals surface area contributed by atoms with Crippen LogP contribution in [0.4, 0.5) is 13.2 Å². The van der Waals surface area contributed by atoms with Crippen molar-refractivity contribution in [3.05, 3.63) is 47.1 Å². The number of rotatable bonds is 9. The van der Waals surface area contributed by atoms with Crippen molar-refractivity contribution in [3.8, 4) is 10.4 Å². The fourth-order valence-electron chi connectivity index (χ4n) is 4.21. The molecule has 4 rings (SSSR count). The van der Waals surface area contributed by atoms with E-state index in [2.05, 4.69) is 10.3 Å². The monoisotopic (exact) mass is 569 g/mol. The number of carbonyl (C=O) groups is 1. The average Bonchev–Trinajstić information content (AvgIpc) is 3.21. The summed E-state index contributed by atoms with van der Waals surface area (Å²) in [5.41, 5.74) is 0.272. The standard InChI is InChI=1S/C26H30F3N3O4S2/c1-15(26(27,28)29)32-38(35,36)21-12-11-19(17-9-4-5-10-18(17)21)22-20(13-16-7-6-8-16)31-24(37-22)23(33)30-14-25(2,3)34/h4-5,9-12,15-16,32,34H,6-8,13-14H2,1-3H3,(H,30,33). The number of fused-ring (bicyclic) bond motifs is 1. The van der Waals surface area contributed by atoms with Gasteiger partial charge in [-0.3, -0.25) is 4.79 Å². The topological polar surface area (TPSA) is 108 Å². The number of carbonyl (C=O) groups excluding carboxylic acids is 1. The molecular formula is C26H30F3N3O4S2. The fraction of sp³-hybridized carbons (Fsp3) is 0.462. The Bertz CT molecular complexity index is 1440. The van der Waals surface area contributed by atoms with Gasteiger partial charge in [-0.15, -0.1) is 11.3 Å². The van der Waals surface area contributed by atoms with Crippen LogP contribution in [-0.2, 0) is 16.4 Å². The molecule has 1 atom stereocenters. The first-order valence-corrected chi connectivity index (χ1v) is 14.6. The highest BCUT2D eigenvalue weighted by atomic mass is 32.2. The molecule has 1 aliphatic rings. The van der Waals surface area contributed by atoms with E-state index in [-0.39, 0.29) is 21.8 Å². The SMILES string of the molecule is CC(NS(=O)(=O)c1ccc(-c2sc(C(=O)NCC(C)(C)O)nc2CC2CCC2)c2ccccc12)C(F)(F)F. The van der Waals surface area contributed by atoms with E-state index in [9.17, 15) is 31.5 Å². The molecule has 7 nitrogen and oxygen atoms in total. The summed E-state index contributed by atoms with van der Waals surface area (Å²) in [5, 5.41) is 13.7. The van der Waals surface area contributed by atoms with E-state index in [1.165, 1.54) is 17.4 Å². The quantitative estimate of drug-likeness (QED) is 0.335. The van der Waals surface area contributed by atoms with Crippen LogP contribution in [0.3, 0.4) is 0 Å². The van der Waals surface area contributed by atoms with Gasteiger partial charge in [0.25, 0.3) is 5.91 Å². The third kappa shape index (κ3) is 6.36. The number of thiazole rings is 1. The normalized spacial score (nSPS) is 15.9. The van der Waals surface area contributed by atoms with E-state index in [4.69, 9.17) is 0 Å². The number of halogens is 3. The van der Waals surface area contributed by atoms with Crippen molar-refractivity contribution in [1.29, 1.82) is 0 Å². The summed E-state index contributed by atoms with van der Waals surface area (Å²) in [6.07, 6.45) is -0.841. The van der Waals surface area contributed by atoms with Gasteiger partial charge in [0.15, 0.2) is 5.01 Å². The molecule has 1 aliphatic carbocycles. The molecule has 0 bridgehead atoms. The predicted molar refractivity (Wildman–Crippen MR) is 141 cm³/mol. The summed E-state index contributed by atoms with van der Waals surface area (Å²) in [4.78, 5) is 17.9. The van der Waals surface area contributed by atoms with Crippen LogP contribution in [0.15, 0.2) is 41.3 Å². The summed E-state index contributed by atoms with van der Waals surface area (Å²) >= 11 is 1.17. The molecule has 12 heteroatoms. The minimum atomic E-state index is -4.73. The highest BCUT2D eigenvalue weighted by molar-refractivity contribution is 7.89. The Kier molecular flexibility index (Phi) is 7.91. The Hall–Kier alpha value is -2.54. The van der Waals surface area contributed by atoms with Gasteiger partial charge in [-0.2, -0.15) is 17.9 Å². The molecule has 206 valence electrons. The molecule has 0 radical (unpaired) electrons. The first-order chi connectivity index (χ1) is 17.7. The lowest BCUT2D eigenvalue weighted by atomic mass is 9.81. The van der Waals surface area contributed by atoms with Crippen molar-refractivity contribution in [3.63, 3.8) is 0 Å². The van der Waals surface area contributed by atoms with Crippen LogP contribution >= 0.6 is 11.3 Å². The van der Waals surface area contributed by atoms with Crippen LogP contribution in [0, 0.1) is 5.92 Å². The van der Waals surface area contributed by atoms with E-state index in [0.717, 1.165) is 31.9 Å². The molecule has 0 aliphatic heterocycles. The lowest BCUT2D eigenvalue weighted by Crippen LogP contribution is -2.43. The van der Waals surface area contributed by atoms with E-state index in [1.807, 2.05) is 0 Å². The minimum Gasteiger partial charge on any atom is -0.389 e. The first-order valence-electron chi connectivity index (χ1n) is 12.3. The molecule has 1 fully saturated rings. The Morgan fingerprint density at radius 3 is 2.39 bits per heavy atom. The van der Waals surface area contributed by atoms with Crippen molar-refractivity contribution in [2.75, 3.05) is 6.54 Å². The number of nitrogens with zero attached hydrogens (tertiary/aromatic N) is 1. The summed E-state index contributed by atoms with van der Waals surface area (Å²) in [6.45, 7) is 3.95. The molecule has 1 saturated carbocycles. The fourth-order valence-corrected chi connectivity index (χ4v) is 6.70. The molecule has 3 N–H and O–H groups in total. The number of sulfonamides is 1. The Morgan fingerprint density at radius 1 is 1.16 bits per heavy atom. The molecule has 1 unspecified atom stereocenters. The number of nitrogens with one attached hydrogen (secondary N) is 2. The minimum absolute atomic E-state index is 0.0392. The second-order valence-electron chi connectivity index (χ2n) is 10.3. The second kappa shape index (κ2) is 10.6. The van der Waals surface area contributed by atoms with Crippen LogP contribution in [-0.4, -0.2) is 48.8 Å². The molecule has 38 heavy (non-hydrogen) atoms. The molecule has 0 spiro atoms. The summed E-state index contributed by atoms with van der Waals surface area (Å²) in [5.74, 6) is 0.00850. The van der Waals surface area contributed by atoms with Crippen LogP contribution in [0.2, 0.25) is 0 Å². The molecule has 1 aromatic heterocycles. The molecule has 0 saturated heterocycles. The number of aromatic nitrogens is 1. The molecule has 1 heterocycles. The zero-order valence-corrected chi connectivity index (χ0v) is 22.9. The van der Waals surface area contributed by atoms with Crippen molar-refractivity contribution >= 4 is 38.0 Å². The summed E-state index contributed by atoms with van der Waals surface area (Å²) in [6, 6.07) is 7.20. The van der Waals surface area contributed by atoms with Crippen molar-refractivity contribution in [2.45, 2.75) is 69.2 Å². The largest absolute Gasteiger partial charge is 0.404 e. The van der Waals surface area contributed by atoms with Crippen molar-refractivity contribution in [2.24, 2.45) is 5.92 Å². The van der Waals surface area contributed by atoms with Gasteiger partial charge in [0, 0.05) is 17.5 Å². The Balaban J connectivity index is 1.78. The van der Waals surface area contributed by atoms with Gasteiger partial charge in [-0.1, -0.05) is 49.6 Å². The predicted octanol–water partition coefficient (Wildman–Crippen LogP) is 5.04. The maximum absolute atomic E-state index is 13.1. The highest BCUT2D eigenvalue weighted by Crippen LogP contribution is 2.40. The van der Waals surface area contributed by atoms with Crippen LogP contribution in [0.25, 0.3) is 21.2 Å². The van der Waals surface area contributed by atoms with E-state index in [0.29, 0.717) is 28.2 Å². The maximum Gasteiger partial charge on any atom is 0.404 e. The summed E-state index contributed by atoms with van der Waals surface area (Å²) < 4.78 is 66.9. The van der Waals surface area contributed by atoms with Crippen LogP contribution < -0.4 is 10.0 Å². The van der Waals surface area contributed by atoms with Gasteiger partial charge in [0.2, 0.25) is 10.0 Å². The van der Waals surface area contributed by atoms with Gasteiger partial charge in [0.1, 0.15) is 6.04 Å². The zero-order valence-electron chi connectivity index (χ0n) is 21.2. The van der Waals surface area contributed by atoms with Gasteiger partial charge in [-0.25, -0.2) is 13.4 Å². The maximum atomic E-state index is 13.1. The third-order valence-corrected chi connectivity index (χ3v) is 9.25. The number of amides is 1. The third-order valence-electron chi connectivity index (χ3n) is 6.52. The molecule has 2 aromatic carbocycles. The Morgan fingerprint density at radius 2 is 1.82 bits per heavy atom. The number of hydrogen-bond donors (Lipinski definition) is 3. The van der Waals surface area contributed by atoms with Crippen LogP contribution in [0.1, 0.15) is 55.5 Å². The van der Waals surface area contributed by atoms with Crippen molar-refractivity contribution in [1.82, 2.24) is 15.0 Å². The van der Waals surface area contributed by atoms with E-state index < -0.39 is 33.7 Å². The van der Waals surface area contributed by atoms with Gasteiger partial charge < -0.3 is 10.4 Å². The second-order valence-corrected chi connectivity index (χ2v) is 13.0. The molecule has 3 aromatic rings. The van der Waals surface area contributed by atoms with Gasteiger partial charge in [-0.05, 0) is 44.6 Å². The number of alkyl halides is 3. The number of benzene rings is 2. The van der Waals surface area contributed by atoms with Gasteiger partial charge in [0.05, 0.1) is 21.1 Å².